The van der Waals surface area contributed by atoms with Crippen LogP contribution >= 0.6 is 0 Å². The normalized spacial score (nSPS) is 10.6. The molecule has 0 bridgehead atoms. The Morgan fingerprint density at radius 1 is 1.08 bits per heavy atom. The topological polar surface area (TPSA) is 88.6 Å². The number of rotatable bonds is 4. The number of anilines is 3. The van der Waals surface area contributed by atoms with Crippen molar-refractivity contribution >= 4 is 33.7 Å². The molecule has 1 N–H and O–H groups in total. The molecule has 122 valence electrons. The van der Waals surface area contributed by atoms with Gasteiger partial charge in [0.2, 0.25) is 0 Å². The Morgan fingerprint density at radius 3 is 2.38 bits per heavy atom. The molecule has 0 atom stereocenters. The minimum atomic E-state index is -0.980. The lowest BCUT2D eigenvalue weighted by Crippen LogP contribution is -2.11. The predicted molar refractivity (Wildman–Crippen MR) is 93.2 cm³/mol. The van der Waals surface area contributed by atoms with Crippen LogP contribution in [0.2, 0.25) is 0 Å². The van der Waals surface area contributed by atoms with E-state index in [2.05, 4.69) is 5.32 Å². The molecule has 0 unspecified atom stereocenters. The van der Waals surface area contributed by atoms with Gasteiger partial charge < -0.3 is 14.6 Å². The van der Waals surface area contributed by atoms with E-state index in [9.17, 15) is 14.9 Å². The Hall–Kier alpha value is -3.35. The highest BCUT2D eigenvalue weighted by atomic mass is 16.6. The molecule has 3 aromatic rings. The lowest BCUT2D eigenvalue weighted by atomic mass is 10.1. The summed E-state index contributed by atoms with van der Waals surface area (Å²) in [6, 6.07) is 14.0. The maximum Gasteiger partial charge on any atom is 0.417 e. The van der Waals surface area contributed by atoms with Crippen molar-refractivity contribution in [1.29, 1.82) is 0 Å². The molecule has 0 fully saturated rings. The summed E-state index contributed by atoms with van der Waals surface area (Å²) in [6.45, 7) is 0. The molecule has 0 aliphatic rings. The van der Waals surface area contributed by atoms with Gasteiger partial charge in [0.25, 0.3) is 0 Å². The Bertz CT molecular complexity index is 962. The van der Waals surface area contributed by atoms with Gasteiger partial charge in [-0.1, -0.05) is 12.1 Å². The summed E-state index contributed by atoms with van der Waals surface area (Å²) < 4.78 is 5.04. The van der Waals surface area contributed by atoms with Crippen LogP contribution in [0.1, 0.15) is 0 Å². The number of hydrogen-bond donors (Lipinski definition) is 1. The summed E-state index contributed by atoms with van der Waals surface area (Å²) in [7, 11) is 3.84. The van der Waals surface area contributed by atoms with Crippen LogP contribution in [0, 0.1) is 10.1 Å². The SMILES string of the molecule is CN(C)c1ccc(Nc2c([N+](=O)[O-])c(=O)oc3ccccc23)cc1. The molecule has 0 aliphatic heterocycles. The van der Waals surface area contributed by atoms with Crippen molar-refractivity contribution in [2.45, 2.75) is 0 Å². The van der Waals surface area contributed by atoms with E-state index in [0.29, 0.717) is 16.7 Å². The first kappa shape index (κ1) is 15.5. The van der Waals surface area contributed by atoms with Gasteiger partial charge in [-0.15, -0.1) is 0 Å². The van der Waals surface area contributed by atoms with E-state index < -0.39 is 16.2 Å². The Labute approximate surface area is 137 Å². The molecule has 0 amide bonds. The molecule has 0 saturated carbocycles. The van der Waals surface area contributed by atoms with Gasteiger partial charge in [0, 0.05) is 30.9 Å². The van der Waals surface area contributed by atoms with Gasteiger partial charge >= 0.3 is 11.3 Å². The minimum absolute atomic E-state index is 0.129. The van der Waals surface area contributed by atoms with E-state index in [4.69, 9.17) is 4.42 Å². The van der Waals surface area contributed by atoms with Gasteiger partial charge in [0.15, 0.2) is 0 Å². The van der Waals surface area contributed by atoms with Crippen LogP contribution in [-0.2, 0) is 0 Å². The smallest absolute Gasteiger partial charge is 0.417 e. The molecular formula is C17H15N3O4. The van der Waals surface area contributed by atoms with Crippen molar-refractivity contribution in [3.8, 4) is 0 Å². The third-order valence-corrected chi connectivity index (χ3v) is 3.62. The fourth-order valence-corrected chi connectivity index (χ4v) is 2.42. The van der Waals surface area contributed by atoms with Gasteiger partial charge in [0.1, 0.15) is 11.3 Å². The first-order chi connectivity index (χ1) is 11.5. The quantitative estimate of drug-likeness (QED) is 0.448. The van der Waals surface area contributed by atoms with E-state index in [1.165, 1.54) is 0 Å². The van der Waals surface area contributed by atoms with E-state index in [1.807, 2.05) is 31.1 Å². The second kappa shape index (κ2) is 6.04. The highest BCUT2D eigenvalue weighted by Gasteiger charge is 2.24. The zero-order valence-electron chi connectivity index (χ0n) is 13.1. The van der Waals surface area contributed by atoms with E-state index in [-0.39, 0.29) is 5.69 Å². The molecule has 0 saturated heterocycles. The number of benzene rings is 2. The summed E-state index contributed by atoms with van der Waals surface area (Å²) >= 11 is 0. The maximum absolute atomic E-state index is 12.0. The molecule has 7 heteroatoms. The lowest BCUT2D eigenvalue weighted by molar-refractivity contribution is -0.386. The third-order valence-electron chi connectivity index (χ3n) is 3.62. The van der Waals surface area contributed by atoms with Gasteiger partial charge in [-0.2, -0.15) is 0 Å². The monoisotopic (exact) mass is 325 g/mol. The average Bonchev–Trinajstić information content (AvgIpc) is 2.54. The van der Waals surface area contributed by atoms with E-state index in [0.717, 1.165) is 5.69 Å². The average molecular weight is 325 g/mol. The van der Waals surface area contributed by atoms with Crippen LogP contribution in [0.15, 0.2) is 57.7 Å². The summed E-state index contributed by atoms with van der Waals surface area (Å²) in [5, 5.41) is 14.8. The predicted octanol–water partition coefficient (Wildman–Crippen LogP) is 3.51. The number of nitrogens with zero attached hydrogens (tertiary/aromatic N) is 2. The lowest BCUT2D eigenvalue weighted by Gasteiger charge is -2.14. The third kappa shape index (κ3) is 2.79. The van der Waals surface area contributed by atoms with Crippen LogP contribution in [0.25, 0.3) is 11.0 Å². The second-order valence-electron chi connectivity index (χ2n) is 5.43. The molecule has 1 aromatic heterocycles. The van der Waals surface area contributed by atoms with Crippen LogP contribution in [0.4, 0.5) is 22.7 Å². The van der Waals surface area contributed by atoms with Crippen LogP contribution in [0.5, 0.6) is 0 Å². The number of nitrogens with one attached hydrogen (secondary N) is 1. The zero-order chi connectivity index (χ0) is 17.3. The van der Waals surface area contributed by atoms with Gasteiger partial charge in [0.05, 0.1) is 4.92 Å². The van der Waals surface area contributed by atoms with E-state index in [1.54, 1.807) is 36.4 Å². The molecule has 24 heavy (non-hydrogen) atoms. The van der Waals surface area contributed by atoms with E-state index >= 15 is 0 Å². The highest BCUT2D eigenvalue weighted by molar-refractivity contribution is 5.96. The van der Waals surface area contributed by atoms with Crippen LogP contribution < -0.4 is 15.8 Å². The van der Waals surface area contributed by atoms with Crippen molar-refractivity contribution in [2.75, 3.05) is 24.3 Å². The fraction of sp³-hybridized carbons (Fsp3) is 0.118. The van der Waals surface area contributed by atoms with Gasteiger partial charge in [-0.05, 0) is 36.4 Å². The minimum Gasteiger partial charge on any atom is -0.418 e. The Morgan fingerprint density at radius 2 is 1.75 bits per heavy atom. The fourth-order valence-electron chi connectivity index (χ4n) is 2.42. The van der Waals surface area contributed by atoms with Crippen molar-refractivity contribution in [1.82, 2.24) is 0 Å². The van der Waals surface area contributed by atoms with Crippen molar-refractivity contribution in [2.24, 2.45) is 0 Å². The molecule has 7 nitrogen and oxygen atoms in total. The molecule has 0 aliphatic carbocycles. The molecule has 0 spiro atoms. The maximum atomic E-state index is 12.0. The van der Waals surface area contributed by atoms with Crippen molar-refractivity contribution in [3.05, 3.63) is 69.1 Å². The summed E-state index contributed by atoms with van der Waals surface area (Å²) in [5.74, 6) is 0. The Kier molecular flexibility index (Phi) is 3.91. The first-order valence-electron chi connectivity index (χ1n) is 7.22. The molecule has 2 aromatic carbocycles. The molecule has 3 rings (SSSR count). The van der Waals surface area contributed by atoms with Crippen molar-refractivity contribution < 1.29 is 9.34 Å². The summed E-state index contributed by atoms with van der Waals surface area (Å²) in [6.07, 6.45) is 0. The Balaban J connectivity index is 2.15. The number of para-hydroxylation sites is 1. The van der Waals surface area contributed by atoms with Crippen LogP contribution in [0.3, 0.4) is 0 Å². The van der Waals surface area contributed by atoms with Crippen molar-refractivity contribution in [3.63, 3.8) is 0 Å². The summed E-state index contributed by atoms with van der Waals surface area (Å²) in [5.41, 5.74) is 0.466. The number of nitro groups is 1. The largest absolute Gasteiger partial charge is 0.418 e. The van der Waals surface area contributed by atoms with Gasteiger partial charge in [-0.3, -0.25) is 10.1 Å². The molecule has 1 heterocycles. The highest BCUT2D eigenvalue weighted by Crippen LogP contribution is 2.32. The summed E-state index contributed by atoms with van der Waals surface area (Å²) in [4.78, 5) is 24.5. The zero-order valence-corrected chi connectivity index (χ0v) is 13.1. The van der Waals surface area contributed by atoms with Crippen LogP contribution in [-0.4, -0.2) is 19.0 Å². The second-order valence-corrected chi connectivity index (χ2v) is 5.43. The number of fused-ring (bicyclic) bond motifs is 1. The molecular weight excluding hydrogens is 310 g/mol. The van der Waals surface area contributed by atoms with Gasteiger partial charge in [-0.25, -0.2) is 4.79 Å². The molecule has 0 radical (unpaired) electrons. The number of hydrogen-bond acceptors (Lipinski definition) is 6. The first-order valence-corrected chi connectivity index (χ1v) is 7.22. The standard InChI is InChI=1S/C17H15N3O4/c1-19(2)12-9-7-11(8-10-12)18-15-13-5-3-4-6-14(13)24-17(21)16(15)20(22)23/h3-10,18H,1-2H3.